The molecule has 2 N–H and O–H groups in total. The molecule has 1 aromatic carbocycles. The number of anilines is 1. The third-order valence-corrected chi connectivity index (χ3v) is 6.48. The molecule has 2 amide bonds. The number of nitrogens with one attached hydrogen (secondary N) is 2. The summed E-state index contributed by atoms with van der Waals surface area (Å²) in [6, 6.07) is 3.31. The number of thiophene rings is 1. The first-order valence-electron chi connectivity index (χ1n) is 11.3. The summed E-state index contributed by atoms with van der Waals surface area (Å²) in [5.41, 5.74) is 2.04. The van der Waals surface area contributed by atoms with Gasteiger partial charge in [-0.2, -0.15) is 0 Å². The van der Waals surface area contributed by atoms with Crippen molar-refractivity contribution in [3.05, 3.63) is 33.7 Å². The topological polar surface area (TPSA) is 85.9 Å². The molecule has 3 rings (SSSR count). The maximum Gasteiger partial charge on any atom is 0.256 e. The van der Waals surface area contributed by atoms with E-state index in [2.05, 4.69) is 10.6 Å². The molecule has 0 fully saturated rings. The number of aryl methyl sites for hydroxylation is 1. The van der Waals surface area contributed by atoms with Gasteiger partial charge in [-0.1, -0.05) is 6.42 Å². The number of amides is 2. The highest BCUT2D eigenvalue weighted by molar-refractivity contribution is 7.17. The highest BCUT2D eigenvalue weighted by Gasteiger charge is 2.26. The van der Waals surface area contributed by atoms with Gasteiger partial charge in [0.05, 0.1) is 25.4 Å². The van der Waals surface area contributed by atoms with E-state index in [1.807, 2.05) is 20.8 Å². The molecule has 174 valence electrons. The molecule has 0 radical (unpaired) electrons. The number of carbonyl (C=O) groups is 2. The summed E-state index contributed by atoms with van der Waals surface area (Å²) < 4.78 is 17.2. The third-order valence-electron chi connectivity index (χ3n) is 5.27. The Morgan fingerprint density at radius 2 is 1.53 bits per heavy atom. The molecule has 1 heterocycles. The van der Waals surface area contributed by atoms with E-state index in [9.17, 15) is 9.59 Å². The second-order valence-corrected chi connectivity index (χ2v) is 8.51. The van der Waals surface area contributed by atoms with E-state index in [0.29, 0.717) is 53.2 Å². The quantitative estimate of drug-likeness (QED) is 0.524. The van der Waals surface area contributed by atoms with Crippen LogP contribution in [0.15, 0.2) is 12.1 Å². The number of carbonyl (C=O) groups excluding carboxylic acids is 2. The zero-order valence-electron chi connectivity index (χ0n) is 19.3. The Morgan fingerprint density at radius 1 is 0.906 bits per heavy atom. The Labute approximate surface area is 193 Å². The fourth-order valence-electron chi connectivity index (χ4n) is 3.89. The lowest BCUT2D eigenvalue weighted by molar-refractivity contribution is 0.0963. The van der Waals surface area contributed by atoms with Crippen LogP contribution in [0.4, 0.5) is 5.00 Å². The van der Waals surface area contributed by atoms with Gasteiger partial charge >= 0.3 is 0 Å². The fourth-order valence-corrected chi connectivity index (χ4v) is 5.17. The van der Waals surface area contributed by atoms with Crippen molar-refractivity contribution >= 4 is 28.2 Å². The van der Waals surface area contributed by atoms with Crippen molar-refractivity contribution in [3.63, 3.8) is 0 Å². The highest BCUT2D eigenvalue weighted by atomic mass is 32.1. The maximum absolute atomic E-state index is 13.3. The number of benzene rings is 1. The molecule has 0 saturated heterocycles. The van der Waals surface area contributed by atoms with E-state index >= 15 is 0 Å². The van der Waals surface area contributed by atoms with Gasteiger partial charge in [0.25, 0.3) is 11.8 Å². The number of rotatable bonds is 9. The molecule has 0 unspecified atom stereocenters. The second-order valence-electron chi connectivity index (χ2n) is 7.40. The standard InChI is InChI=1S/C24H32N2O5S/c1-5-29-17-13-15(14-18(30-6-2)21(17)31-7-3)22(27)26-24-20(23(28)25-4)16-11-9-8-10-12-19(16)32-24/h13-14H,5-12H2,1-4H3,(H,25,28)(H,26,27). The van der Waals surface area contributed by atoms with E-state index in [4.69, 9.17) is 14.2 Å². The number of hydrogen-bond acceptors (Lipinski definition) is 6. The van der Waals surface area contributed by atoms with Crippen LogP contribution >= 0.6 is 11.3 Å². The Kier molecular flexibility index (Phi) is 8.39. The van der Waals surface area contributed by atoms with Crippen LogP contribution in [0.2, 0.25) is 0 Å². The van der Waals surface area contributed by atoms with Gasteiger partial charge in [-0.25, -0.2) is 0 Å². The Balaban J connectivity index is 1.99. The average Bonchev–Trinajstić information content (AvgIpc) is 2.95. The summed E-state index contributed by atoms with van der Waals surface area (Å²) >= 11 is 1.50. The van der Waals surface area contributed by atoms with E-state index in [0.717, 1.165) is 37.7 Å². The minimum absolute atomic E-state index is 0.170. The maximum atomic E-state index is 13.3. The van der Waals surface area contributed by atoms with Crippen LogP contribution in [0.25, 0.3) is 0 Å². The summed E-state index contributed by atoms with van der Waals surface area (Å²) in [7, 11) is 1.61. The molecule has 8 heteroatoms. The lowest BCUT2D eigenvalue weighted by Crippen LogP contribution is -2.21. The van der Waals surface area contributed by atoms with Crippen molar-refractivity contribution < 1.29 is 23.8 Å². The van der Waals surface area contributed by atoms with Crippen LogP contribution in [0, 0.1) is 0 Å². The Hall–Kier alpha value is -2.74. The summed E-state index contributed by atoms with van der Waals surface area (Å²) in [5.74, 6) is 0.910. The molecule has 32 heavy (non-hydrogen) atoms. The highest BCUT2D eigenvalue weighted by Crippen LogP contribution is 2.41. The smallest absolute Gasteiger partial charge is 0.256 e. The third kappa shape index (κ3) is 5.18. The zero-order chi connectivity index (χ0) is 23.1. The first kappa shape index (κ1) is 23.9. The van der Waals surface area contributed by atoms with Crippen LogP contribution < -0.4 is 24.8 Å². The molecule has 1 aromatic heterocycles. The Morgan fingerprint density at radius 3 is 2.12 bits per heavy atom. The SMILES string of the molecule is CCOc1cc(C(=O)Nc2sc3c(c2C(=O)NC)CCCCC3)cc(OCC)c1OCC. The van der Waals surface area contributed by atoms with Crippen LogP contribution in [0.3, 0.4) is 0 Å². The number of ether oxygens (including phenoxy) is 3. The van der Waals surface area contributed by atoms with Gasteiger partial charge in [-0.3, -0.25) is 9.59 Å². The van der Waals surface area contributed by atoms with E-state index in [-0.39, 0.29) is 11.8 Å². The summed E-state index contributed by atoms with van der Waals surface area (Å²) in [6.07, 6.45) is 5.10. The largest absolute Gasteiger partial charge is 0.490 e. The van der Waals surface area contributed by atoms with Gasteiger partial charge in [-0.15, -0.1) is 11.3 Å². The molecular formula is C24H32N2O5S. The van der Waals surface area contributed by atoms with Gasteiger partial charge in [0.15, 0.2) is 11.5 Å². The lowest BCUT2D eigenvalue weighted by Gasteiger charge is -2.17. The van der Waals surface area contributed by atoms with Crippen molar-refractivity contribution in [3.8, 4) is 17.2 Å². The van der Waals surface area contributed by atoms with Crippen molar-refractivity contribution in [1.29, 1.82) is 0 Å². The van der Waals surface area contributed by atoms with Crippen molar-refractivity contribution in [2.24, 2.45) is 0 Å². The normalized spacial score (nSPS) is 13.0. The molecule has 2 aromatic rings. The molecule has 1 aliphatic carbocycles. The fraction of sp³-hybridized carbons (Fsp3) is 0.500. The Bertz CT molecular complexity index is 943. The predicted molar refractivity (Wildman–Crippen MR) is 127 cm³/mol. The first-order valence-corrected chi connectivity index (χ1v) is 12.1. The molecular weight excluding hydrogens is 428 g/mol. The van der Waals surface area contributed by atoms with Crippen LogP contribution in [0.5, 0.6) is 17.2 Å². The second kappa shape index (κ2) is 11.2. The van der Waals surface area contributed by atoms with Gasteiger partial charge in [0.2, 0.25) is 5.75 Å². The predicted octanol–water partition coefficient (Wildman–Crippen LogP) is 4.83. The molecule has 7 nitrogen and oxygen atoms in total. The number of hydrogen-bond donors (Lipinski definition) is 2. The summed E-state index contributed by atoms with van der Waals surface area (Å²) in [5, 5.41) is 6.29. The van der Waals surface area contributed by atoms with Gasteiger partial charge in [-0.05, 0) is 64.2 Å². The lowest BCUT2D eigenvalue weighted by atomic mass is 10.0. The monoisotopic (exact) mass is 460 g/mol. The minimum atomic E-state index is -0.323. The van der Waals surface area contributed by atoms with Crippen molar-refractivity contribution in [2.45, 2.75) is 52.9 Å². The number of fused-ring (bicyclic) bond motifs is 1. The summed E-state index contributed by atoms with van der Waals surface area (Å²) in [4.78, 5) is 27.1. The minimum Gasteiger partial charge on any atom is -0.490 e. The zero-order valence-corrected chi connectivity index (χ0v) is 20.1. The van der Waals surface area contributed by atoms with Crippen LogP contribution in [-0.4, -0.2) is 38.7 Å². The van der Waals surface area contributed by atoms with Crippen molar-refractivity contribution in [1.82, 2.24) is 5.32 Å². The van der Waals surface area contributed by atoms with Gasteiger partial charge in [0.1, 0.15) is 5.00 Å². The van der Waals surface area contributed by atoms with Gasteiger partial charge in [0, 0.05) is 17.5 Å². The van der Waals surface area contributed by atoms with Crippen LogP contribution in [0.1, 0.15) is 71.2 Å². The molecule has 0 spiro atoms. The molecule has 0 aliphatic heterocycles. The first-order chi connectivity index (χ1) is 15.5. The molecule has 0 bridgehead atoms. The molecule has 0 atom stereocenters. The summed E-state index contributed by atoms with van der Waals surface area (Å²) in [6.45, 7) is 6.92. The van der Waals surface area contributed by atoms with E-state index in [1.54, 1.807) is 19.2 Å². The van der Waals surface area contributed by atoms with Crippen molar-refractivity contribution in [2.75, 3.05) is 32.2 Å². The average molecular weight is 461 g/mol. The molecule has 1 aliphatic rings. The van der Waals surface area contributed by atoms with Gasteiger partial charge < -0.3 is 24.8 Å². The van der Waals surface area contributed by atoms with E-state index in [1.165, 1.54) is 16.2 Å². The van der Waals surface area contributed by atoms with Crippen LogP contribution in [-0.2, 0) is 12.8 Å². The molecule has 0 saturated carbocycles. The van der Waals surface area contributed by atoms with E-state index < -0.39 is 0 Å².